The van der Waals surface area contributed by atoms with Gasteiger partial charge < -0.3 is 9.84 Å². The molecule has 1 N–H and O–H groups in total. The SMILES string of the molecule is CN1[C@]2(C)CCC[C@@]1(C)[C@@H](F)[C@H](Oc1ccc(-c3ccc(-c4nccc(=O)n4C)cc3O)nn1)C2. The Morgan fingerprint density at radius 2 is 1.91 bits per heavy atom. The third-order valence-corrected chi connectivity index (χ3v) is 8.04. The monoisotopic (exact) mass is 479 g/mol. The summed E-state index contributed by atoms with van der Waals surface area (Å²) in [7, 11) is 3.64. The van der Waals surface area contributed by atoms with Crippen LogP contribution in [0, 0.1) is 0 Å². The molecule has 184 valence electrons. The molecule has 0 spiro atoms. The van der Waals surface area contributed by atoms with Gasteiger partial charge in [0, 0.05) is 48.5 Å². The average Bonchev–Trinajstić information content (AvgIpc) is 2.83. The van der Waals surface area contributed by atoms with Crippen molar-refractivity contribution in [1.82, 2.24) is 24.6 Å². The van der Waals surface area contributed by atoms with Crippen molar-refractivity contribution in [1.29, 1.82) is 0 Å². The molecule has 2 saturated heterocycles. The number of halogens is 1. The molecule has 4 heterocycles. The Morgan fingerprint density at radius 1 is 1.11 bits per heavy atom. The quantitative estimate of drug-likeness (QED) is 0.609. The molecule has 35 heavy (non-hydrogen) atoms. The first-order valence-corrected chi connectivity index (χ1v) is 11.9. The number of piperidine rings is 2. The van der Waals surface area contributed by atoms with Gasteiger partial charge in [-0.2, -0.15) is 0 Å². The summed E-state index contributed by atoms with van der Waals surface area (Å²) in [6.07, 6.45) is 3.11. The standard InChI is InChI=1S/C26H30FN5O3/c1-25-11-5-12-26(2,32(25)4)23(27)20(15-25)35-21-9-8-18(29-30-21)17-7-6-16(14-19(17)33)24-28-13-10-22(34)31(24)3/h6-10,13-14,20,23,33H,5,11-12,15H2,1-4H3/t20-,23+,25-,26+/m1/s1. The van der Waals surface area contributed by atoms with Crippen molar-refractivity contribution < 1.29 is 14.2 Å². The Kier molecular flexibility index (Phi) is 5.62. The molecule has 4 atom stereocenters. The predicted octanol–water partition coefficient (Wildman–Crippen LogP) is 3.73. The highest BCUT2D eigenvalue weighted by molar-refractivity contribution is 5.72. The molecule has 0 radical (unpaired) electrons. The molecule has 2 aliphatic heterocycles. The number of aromatic nitrogens is 4. The first-order valence-electron chi connectivity index (χ1n) is 11.9. The van der Waals surface area contributed by atoms with Crippen LogP contribution in [0.1, 0.15) is 39.5 Å². The minimum atomic E-state index is -1.14. The fraction of sp³-hybridized carbons (Fsp3) is 0.462. The van der Waals surface area contributed by atoms with Crippen LogP contribution in [0.3, 0.4) is 0 Å². The number of fused-ring (bicyclic) bond motifs is 2. The summed E-state index contributed by atoms with van der Waals surface area (Å²) in [5.74, 6) is 0.687. The van der Waals surface area contributed by atoms with E-state index in [1.54, 1.807) is 31.3 Å². The number of nitrogens with zero attached hydrogens (tertiary/aromatic N) is 5. The fourth-order valence-corrected chi connectivity index (χ4v) is 5.69. The first kappa shape index (κ1) is 23.4. The van der Waals surface area contributed by atoms with Crippen LogP contribution >= 0.6 is 0 Å². The van der Waals surface area contributed by atoms with Crippen molar-refractivity contribution in [2.45, 2.75) is 62.9 Å². The van der Waals surface area contributed by atoms with Gasteiger partial charge in [0.2, 0.25) is 5.88 Å². The van der Waals surface area contributed by atoms with E-state index in [1.165, 1.54) is 22.9 Å². The van der Waals surface area contributed by atoms with Crippen LogP contribution in [-0.2, 0) is 7.05 Å². The third kappa shape index (κ3) is 3.87. The van der Waals surface area contributed by atoms with Crippen molar-refractivity contribution in [3.8, 4) is 34.3 Å². The van der Waals surface area contributed by atoms with Crippen molar-refractivity contribution in [3.63, 3.8) is 0 Å². The Hall–Kier alpha value is -3.33. The molecule has 9 heteroatoms. The highest BCUT2D eigenvalue weighted by Crippen LogP contribution is 2.48. The second-order valence-electron chi connectivity index (χ2n) is 10.2. The molecule has 0 amide bonds. The van der Waals surface area contributed by atoms with E-state index in [9.17, 15) is 9.90 Å². The van der Waals surface area contributed by atoms with Gasteiger partial charge in [-0.1, -0.05) is 6.07 Å². The molecule has 3 aromatic rings. The maximum atomic E-state index is 15.6. The van der Waals surface area contributed by atoms with E-state index in [1.807, 2.05) is 14.0 Å². The second kappa shape index (κ2) is 8.41. The van der Waals surface area contributed by atoms with Crippen LogP contribution in [-0.4, -0.2) is 60.2 Å². The molecule has 5 rings (SSSR count). The lowest BCUT2D eigenvalue weighted by Crippen LogP contribution is -2.71. The second-order valence-corrected chi connectivity index (χ2v) is 10.2. The molecule has 2 aliphatic rings. The van der Waals surface area contributed by atoms with Gasteiger partial charge in [-0.15, -0.1) is 10.2 Å². The van der Waals surface area contributed by atoms with Gasteiger partial charge in [0.15, 0.2) is 6.17 Å². The first-order chi connectivity index (χ1) is 16.6. The fourth-order valence-electron chi connectivity index (χ4n) is 5.69. The minimum absolute atomic E-state index is 0.0172. The molecule has 2 aromatic heterocycles. The number of aromatic hydroxyl groups is 1. The highest BCUT2D eigenvalue weighted by Gasteiger charge is 2.57. The number of ether oxygens (including phenoxy) is 1. The number of phenols is 1. The van der Waals surface area contributed by atoms with Gasteiger partial charge in [0.1, 0.15) is 17.7 Å². The largest absolute Gasteiger partial charge is 0.507 e. The van der Waals surface area contributed by atoms with E-state index in [4.69, 9.17) is 4.74 Å². The lowest BCUT2D eigenvalue weighted by Gasteiger charge is -2.60. The Bertz CT molecular complexity index is 1310. The molecule has 0 saturated carbocycles. The number of rotatable bonds is 4. The van der Waals surface area contributed by atoms with Crippen molar-refractivity contribution in [2.24, 2.45) is 7.05 Å². The summed E-state index contributed by atoms with van der Waals surface area (Å²) in [4.78, 5) is 18.3. The zero-order chi connectivity index (χ0) is 25.0. The van der Waals surface area contributed by atoms with Gasteiger partial charge >= 0.3 is 0 Å². The van der Waals surface area contributed by atoms with E-state index < -0.39 is 17.8 Å². The summed E-state index contributed by atoms with van der Waals surface area (Å²) in [6.45, 7) is 4.16. The number of alkyl halides is 1. The molecule has 0 aliphatic carbocycles. The Morgan fingerprint density at radius 3 is 2.63 bits per heavy atom. The molecular formula is C26H30FN5O3. The molecular weight excluding hydrogens is 449 g/mol. The Labute approximate surface area is 203 Å². The zero-order valence-corrected chi connectivity index (χ0v) is 20.4. The maximum Gasteiger partial charge on any atom is 0.253 e. The molecule has 1 aromatic carbocycles. The van der Waals surface area contributed by atoms with Gasteiger partial charge in [0.25, 0.3) is 5.56 Å². The minimum Gasteiger partial charge on any atom is -0.507 e. The molecule has 0 unspecified atom stereocenters. The molecule has 8 nitrogen and oxygen atoms in total. The van der Waals surface area contributed by atoms with Crippen LogP contribution in [0.25, 0.3) is 22.6 Å². The van der Waals surface area contributed by atoms with E-state index >= 15 is 4.39 Å². The lowest BCUT2D eigenvalue weighted by molar-refractivity contribution is -0.152. The summed E-state index contributed by atoms with van der Waals surface area (Å²) in [6, 6.07) is 9.72. The van der Waals surface area contributed by atoms with Crippen LogP contribution in [0.15, 0.2) is 47.4 Å². The highest BCUT2D eigenvalue weighted by atomic mass is 19.1. The molecule has 2 bridgehead atoms. The van der Waals surface area contributed by atoms with Crippen molar-refractivity contribution in [3.05, 3.63) is 52.9 Å². The Balaban J connectivity index is 1.36. The van der Waals surface area contributed by atoms with Gasteiger partial charge in [0.05, 0.1) is 11.2 Å². The van der Waals surface area contributed by atoms with E-state index in [0.29, 0.717) is 29.1 Å². The van der Waals surface area contributed by atoms with Crippen LogP contribution in [0.2, 0.25) is 0 Å². The van der Waals surface area contributed by atoms with E-state index in [0.717, 1.165) is 19.3 Å². The summed E-state index contributed by atoms with van der Waals surface area (Å²) in [5, 5.41) is 19.0. The summed E-state index contributed by atoms with van der Waals surface area (Å²) < 4.78 is 23.0. The lowest BCUT2D eigenvalue weighted by atomic mass is 9.67. The van der Waals surface area contributed by atoms with Crippen LogP contribution < -0.4 is 10.3 Å². The summed E-state index contributed by atoms with van der Waals surface area (Å²) in [5.41, 5.74) is 0.666. The zero-order valence-electron chi connectivity index (χ0n) is 20.4. The predicted molar refractivity (Wildman–Crippen MR) is 130 cm³/mol. The topological polar surface area (TPSA) is 93.4 Å². The van der Waals surface area contributed by atoms with Crippen molar-refractivity contribution in [2.75, 3.05) is 7.05 Å². The van der Waals surface area contributed by atoms with Gasteiger partial charge in [-0.05, 0) is 58.4 Å². The average molecular weight is 480 g/mol. The van der Waals surface area contributed by atoms with Gasteiger partial charge in [-0.3, -0.25) is 14.3 Å². The van der Waals surface area contributed by atoms with Crippen molar-refractivity contribution >= 4 is 0 Å². The third-order valence-electron chi connectivity index (χ3n) is 8.04. The van der Waals surface area contributed by atoms with Crippen LogP contribution in [0.4, 0.5) is 4.39 Å². The van der Waals surface area contributed by atoms with Gasteiger partial charge in [-0.25, -0.2) is 9.37 Å². The smallest absolute Gasteiger partial charge is 0.253 e. The number of benzene rings is 1. The normalized spacial score (nSPS) is 28.6. The number of hydrogen-bond donors (Lipinski definition) is 1. The van der Waals surface area contributed by atoms with Crippen LogP contribution in [0.5, 0.6) is 11.6 Å². The number of phenolic OH excluding ortho intramolecular Hbond substituents is 1. The summed E-state index contributed by atoms with van der Waals surface area (Å²) >= 11 is 0. The number of hydrogen-bond acceptors (Lipinski definition) is 7. The van der Waals surface area contributed by atoms with E-state index in [-0.39, 0.29) is 22.7 Å². The van der Waals surface area contributed by atoms with E-state index in [2.05, 4.69) is 27.0 Å². The maximum absolute atomic E-state index is 15.6. The molecule has 2 fully saturated rings.